The largest absolute Gasteiger partial charge is 0.495 e. The number of pyridine rings is 1. The van der Waals surface area contributed by atoms with Crippen LogP contribution in [0, 0.1) is 6.92 Å². The monoisotopic (exact) mass is 439 g/mol. The summed E-state index contributed by atoms with van der Waals surface area (Å²) in [6.45, 7) is 3.02. The van der Waals surface area contributed by atoms with Gasteiger partial charge in [-0.1, -0.05) is 17.4 Å². The van der Waals surface area contributed by atoms with Crippen molar-refractivity contribution in [2.75, 3.05) is 46.3 Å². The zero-order chi connectivity index (χ0) is 22.1. The first-order valence-corrected chi connectivity index (χ1v) is 10.7. The summed E-state index contributed by atoms with van der Waals surface area (Å²) in [7, 11) is 7.19. The predicted octanol–water partition coefficient (Wildman–Crippen LogP) is 3.48. The maximum atomic E-state index is 13.8. The number of amides is 1. The third-order valence-electron chi connectivity index (χ3n) is 5.05. The molecule has 4 aromatic rings. The van der Waals surface area contributed by atoms with Gasteiger partial charge in [0.2, 0.25) is 0 Å². The van der Waals surface area contributed by atoms with E-state index in [1.165, 1.54) is 11.3 Å². The third-order valence-corrected chi connectivity index (χ3v) is 6.15. The Morgan fingerprint density at radius 2 is 1.81 bits per heavy atom. The number of anilines is 1. The Labute approximate surface area is 184 Å². The van der Waals surface area contributed by atoms with Gasteiger partial charge in [0.15, 0.2) is 5.13 Å². The van der Waals surface area contributed by atoms with E-state index in [2.05, 4.69) is 4.98 Å². The molecule has 0 aliphatic carbocycles. The lowest BCUT2D eigenvalue weighted by Crippen LogP contribution is -2.37. The fraction of sp³-hybridized carbons (Fsp3) is 0.318. The van der Waals surface area contributed by atoms with Crippen LogP contribution in [0.2, 0.25) is 0 Å². The zero-order valence-corrected chi connectivity index (χ0v) is 19.1. The van der Waals surface area contributed by atoms with Crippen molar-refractivity contribution in [3.63, 3.8) is 0 Å². The number of thiazole rings is 1. The van der Waals surface area contributed by atoms with Crippen molar-refractivity contribution in [2.24, 2.45) is 0 Å². The summed E-state index contributed by atoms with van der Waals surface area (Å²) in [6.07, 6.45) is 1.86. The Morgan fingerprint density at radius 3 is 2.52 bits per heavy atom. The molecule has 0 saturated carbocycles. The minimum absolute atomic E-state index is 0.143. The number of carbonyl (C=O) groups is 1. The summed E-state index contributed by atoms with van der Waals surface area (Å²) in [5.41, 5.74) is 2.64. The highest BCUT2D eigenvalue weighted by atomic mass is 32.1. The number of aromatic nitrogens is 3. The van der Waals surface area contributed by atoms with Gasteiger partial charge >= 0.3 is 0 Å². The maximum Gasteiger partial charge on any atom is 0.279 e. The van der Waals surface area contributed by atoms with Crippen molar-refractivity contribution in [1.82, 2.24) is 19.3 Å². The van der Waals surface area contributed by atoms with Crippen molar-refractivity contribution in [3.05, 3.63) is 47.9 Å². The molecule has 0 N–H and O–H groups in total. The van der Waals surface area contributed by atoms with E-state index in [0.29, 0.717) is 46.6 Å². The molecule has 162 valence electrons. The van der Waals surface area contributed by atoms with Crippen LogP contribution in [0.25, 0.3) is 15.9 Å². The lowest BCUT2D eigenvalue weighted by molar-refractivity contribution is 0.0979. The molecule has 31 heavy (non-hydrogen) atoms. The van der Waals surface area contributed by atoms with Gasteiger partial charge in [-0.2, -0.15) is 0 Å². The molecule has 0 atom stereocenters. The number of likely N-dealkylation sites (N-methyl/N-ethyl adjacent to an activating group) is 1. The minimum Gasteiger partial charge on any atom is -0.495 e. The SMILES string of the molecule is COc1ccc(OC)c2sc(N(CCN(C)C)C(=O)c3c(C)nc4ccccn34)nc12. The van der Waals surface area contributed by atoms with Crippen LogP contribution in [0.3, 0.4) is 0 Å². The van der Waals surface area contributed by atoms with Crippen molar-refractivity contribution in [3.8, 4) is 11.5 Å². The van der Waals surface area contributed by atoms with E-state index >= 15 is 0 Å². The van der Waals surface area contributed by atoms with Crippen LogP contribution in [0.1, 0.15) is 16.2 Å². The van der Waals surface area contributed by atoms with Gasteiger partial charge in [-0.15, -0.1) is 0 Å². The Morgan fingerprint density at radius 1 is 1.06 bits per heavy atom. The van der Waals surface area contributed by atoms with Gasteiger partial charge in [0.05, 0.1) is 19.9 Å². The van der Waals surface area contributed by atoms with Crippen molar-refractivity contribution < 1.29 is 14.3 Å². The van der Waals surface area contributed by atoms with E-state index in [1.54, 1.807) is 19.1 Å². The van der Waals surface area contributed by atoms with Crippen LogP contribution < -0.4 is 14.4 Å². The molecule has 4 rings (SSSR count). The summed E-state index contributed by atoms with van der Waals surface area (Å²) in [6, 6.07) is 9.37. The van der Waals surface area contributed by atoms with Crippen LogP contribution >= 0.6 is 11.3 Å². The Hall–Kier alpha value is -3.17. The predicted molar refractivity (Wildman–Crippen MR) is 123 cm³/mol. The molecule has 0 spiro atoms. The lowest BCUT2D eigenvalue weighted by atomic mass is 10.3. The van der Waals surface area contributed by atoms with E-state index in [0.717, 1.165) is 10.3 Å². The van der Waals surface area contributed by atoms with Crippen molar-refractivity contribution in [1.29, 1.82) is 0 Å². The number of aryl methyl sites for hydroxylation is 1. The zero-order valence-electron chi connectivity index (χ0n) is 18.2. The van der Waals surface area contributed by atoms with E-state index in [1.807, 2.05) is 66.8 Å². The molecule has 3 aromatic heterocycles. The Balaban J connectivity index is 1.85. The molecule has 0 saturated heterocycles. The average Bonchev–Trinajstić information content (AvgIpc) is 3.33. The number of nitrogens with zero attached hydrogens (tertiary/aromatic N) is 5. The molecule has 8 nitrogen and oxygen atoms in total. The number of fused-ring (bicyclic) bond motifs is 2. The highest BCUT2D eigenvalue weighted by molar-refractivity contribution is 7.22. The smallest absolute Gasteiger partial charge is 0.279 e. The average molecular weight is 440 g/mol. The molecule has 1 aromatic carbocycles. The minimum atomic E-state index is -0.143. The highest BCUT2D eigenvalue weighted by Crippen LogP contribution is 2.40. The van der Waals surface area contributed by atoms with E-state index in [4.69, 9.17) is 14.5 Å². The number of hydrogen-bond donors (Lipinski definition) is 0. The quantitative estimate of drug-likeness (QED) is 0.439. The Kier molecular flexibility index (Phi) is 5.79. The van der Waals surface area contributed by atoms with Crippen LogP contribution in [-0.2, 0) is 0 Å². The highest BCUT2D eigenvalue weighted by Gasteiger charge is 2.27. The van der Waals surface area contributed by atoms with Gasteiger partial charge in [0.25, 0.3) is 5.91 Å². The van der Waals surface area contributed by atoms with E-state index in [-0.39, 0.29) is 5.91 Å². The molecule has 1 amide bonds. The fourth-order valence-corrected chi connectivity index (χ4v) is 4.57. The molecular formula is C22H25N5O3S. The molecule has 0 aliphatic rings. The first-order chi connectivity index (χ1) is 14.9. The number of benzene rings is 1. The summed E-state index contributed by atoms with van der Waals surface area (Å²) in [5, 5.41) is 0.593. The fourth-order valence-electron chi connectivity index (χ4n) is 3.47. The second-order valence-corrected chi connectivity index (χ2v) is 8.36. The lowest BCUT2D eigenvalue weighted by Gasteiger charge is -2.22. The van der Waals surface area contributed by atoms with Gasteiger partial charge in [0, 0.05) is 19.3 Å². The van der Waals surface area contributed by atoms with Crippen LogP contribution in [0.5, 0.6) is 11.5 Å². The van der Waals surface area contributed by atoms with E-state index < -0.39 is 0 Å². The number of imidazole rings is 1. The first-order valence-electron chi connectivity index (χ1n) is 9.86. The molecule has 3 heterocycles. The number of methoxy groups -OCH3 is 2. The summed E-state index contributed by atoms with van der Waals surface area (Å²) in [5.74, 6) is 1.20. The van der Waals surface area contributed by atoms with Crippen molar-refractivity contribution >= 4 is 38.2 Å². The van der Waals surface area contributed by atoms with Crippen LogP contribution in [0.4, 0.5) is 5.13 Å². The molecule has 0 unspecified atom stereocenters. The Bertz CT molecular complexity index is 1210. The third kappa shape index (κ3) is 3.82. The summed E-state index contributed by atoms with van der Waals surface area (Å²) >= 11 is 1.42. The number of ether oxygens (including phenoxy) is 2. The van der Waals surface area contributed by atoms with Gasteiger partial charge in [-0.05, 0) is 45.3 Å². The topological polar surface area (TPSA) is 72.2 Å². The summed E-state index contributed by atoms with van der Waals surface area (Å²) < 4.78 is 13.7. The van der Waals surface area contributed by atoms with Crippen molar-refractivity contribution in [2.45, 2.75) is 6.92 Å². The molecule has 9 heteroatoms. The standard InChI is InChI=1S/C22H25N5O3S/c1-14-19(26-11-7-6-8-17(26)23-14)21(28)27(13-12-25(2)3)22-24-18-15(29-4)9-10-16(30-5)20(18)31-22/h6-11H,12-13H2,1-5H3. The molecule has 0 fully saturated rings. The normalized spacial score (nSPS) is 11.4. The van der Waals surface area contributed by atoms with Crippen LogP contribution in [0.15, 0.2) is 36.5 Å². The van der Waals surface area contributed by atoms with Crippen LogP contribution in [-0.4, -0.2) is 66.6 Å². The first kappa shape index (κ1) is 21.1. The van der Waals surface area contributed by atoms with Gasteiger partial charge in [0.1, 0.15) is 33.1 Å². The second-order valence-electron chi connectivity index (χ2n) is 7.38. The molecule has 0 bridgehead atoms. The van der Waals surface area contributed by atoms with E-state index in [9.17, 15) is 4.79 Å². The maximum absolute atomic E-state index is 13.8. The van der Waals surface area contributed by atoms with Gasteiger partial charge < -0.3 is 14.4 Å². The number of rotatable bonds is 7. The molecule has 0 aliphatic heterocycles. The molecule has 0 radical (unpaired) electrons. The van der Waals surface area contributed by atoms with Gasteiger partial charge in [-0.3, -0.25) is 14.1 Å². The number of carbonyl (C=O) groups excluding carboxylic acids is 1. The number of hydrogen-bond acceptors (Lipinski definition) is 7. The second kappa shape index (κ2) is 8.52. The summed E-state index contributed by atoms with van der Waals surface area (Å²) in [4.78, 5) is 26.9. The van der Waals surface area contributed by atoms with Gasteiger partial charge in [-0.25, -0.2) is 9.97 Å². The molecular weight excluding hydrogens is 414 g/mol.